The van der Waals surface area contributed by atoms with E-state index in [0.29, 0.717) is 0 Å². The van der Waals surface area contributed by atoms with E-state index in [4.69, 9.17) is 4.74 Å². The fraction of sp³-hybridized carbons (Fsp3) is 0.500. The van der Waals surface area contributed by atoms with E-state index in [2.05, 4.69) is 26.0 Å². The summed E-state index contributed by atoms with van der Waals surface area (Å²) in [5.41, 5.74) is 1.92. The third kappa shape index (κ3) is 1.31. The van der Waals surface area contributed by atoms with Crippen molar-refractivity contribution in [1.82, 2.24) is 0 Å². The zero-order chi connectivity index (χ0) is 12.0. The standard InChI is InChI=1S/C14H17NO/c1-10-5-6-12(16-4)11(7-10)14(9-15)8-13(14,2)3/h5-7H,8H2,1-4H3. The van der Waals surface area contributed by atoms with Crippen molar-refractivity contribution < 1.29 is 4.74 Å². The predicted octanol–water partition coefficient (Wildman–Crippen LogP) is 3.19. The Morgan fingerprint density at radius 1 is 1.38 bits per heavy atom. The van der Waals surface area contributed by atoms with E-state index in [0.717, 1.165) is 17.7 Å². The van der Waals surface area contributed by atoms with Gasteiger partial charge < -0.3 is 4.74 Å². The van der Waals surface area contributed by atoms with Crippen molar-refractivity contribution in [2.45, 2.75) is 32.6 Å². The molecule has 1 aliphatic carbocycles. The third-order valence-corrected chi connectivity index (χ3v) is 3.74. The van der Waals surface area contributed by atoms with Crippen LogP contribution in [0.1, 0.15) is 31.4 Å². The molecule has 0 aliphatic heterocycles. The summed E-state index contributed by atoms with van der Waals surface area (Å²) in [7, 11) is 1.66. The SMILES string of the molecule is COc1ccc(C)cc1C1(C#N)CC1(C)C. The number of nitriles is 1. The van der Waals surface area contributed by atoms with Crippen LogP contribution in [-0.2, 0) is 5.41 Å². The smallest absolute Gasteiger partial charge is 0.123 e. The molecule has 0 N–H and O–H groups in total. The van der Waals surface area contributed by atoms with Crippen molar-refractivity contribution in [1.29, 1.82) is 5.26 Å². The second-order valence-electron chi connectivity index (χ2n) is 5.28. The van der Waals surface area contributed by atoms with Crippen LogP contribution < -0.4 is 4.74 Å². The van der Waals surface area contributed by atoms with Gasteiger partial charge in [0.1, 0.15) is 5.75 Å². The molecule has 0 aromatic heterocycles. The molecule has 0 heterocycles. The van der Waals surface area contributed by atoms with Crippen molar-refractivity contribution in [2.24, 2.45) is 5.41 Å². The topological polar surface area (TPSA) is 33.0 Å². The van der Waals surface area contributed by atoms with E-state index >= 15 is 0 Å². The van der Waals surface area contributed by atoms with Gasteiger partial charge in [0, 0.05) is 5.56 Å². The Hall–Kier alpha value is -1.49. The number of ether oxygens (including phenoxy) is 1. The number of hydrogen-bond donors (Lipinski definition) is 0. The lowest BCUT2D eigenvalue weighted by atomic mass is 9.88. The fourth-order valence-corrected chi connectivity index (χ4v) is 2.48. The summed E-state index contributed by atoms with van der Waals surface area (Å²) in [6.45, 7) is 6.32. The van der Waals surface area contributed by atoms with Gasteiger partial charge in [0.15, 0.2) is 0 Å². The molecule has 2 heteroatoms. The molecule has 0 spiro atoms. The van der Waals surface area contributed by atoms with Gasteiger partial charge in [-0.25, -0.2) is 0 Å². The molecule has 0 radical (unpaired) electrons. The highest BCUT2D eigenvalue weighted by Gasteiger charge is 2.64. The summed E-state index contributed by atoms with van der Waals surface area (Å²) in [6.07, 6.45) is 0.913. The molecule has 2 nitrogen and oxygen atoms in total. The first-order valence-electron chi connectivity index (χ1n) is 5.53. The number of hydrogen-bond acceptors (Lipinski definition) is 2. The van der Waals surface area contributed by atoms with Crippen LogP contribution in [0.5, 0.6) is 5.75 Å². The Morgan fingerprint density at radius 2 is 2.00 bits per heavy atom. The maximum atomic E-state index is 9.45. The first kappa shape index (κ1) is 11.0. The minimum absolute atomic E-state index is 0.0584. The minimum Gasteiger partial charge on any atom is -0.496 e. The Morgan fingerprint density at radius 3 is 2.44 bits per heavy atom. The van der Waals surface area contributed by atoms with Crippen LogP contribution in [0.4, 0.5) is 0 Å². The number of methoxy groups -OCH3 is 1. The molecule has 0 bridgehead atoms. The summed E-state index contributed by atoms with van der Waals surface area (Å²) in [6, 6.07) is 8.53. The average Bonchev–Trinajstić information content (AvgIpc) is 2.82. The molecule has 0 amide bonds. The van der Waals surface area contributed by atoms with E-state index in [9.17, 15) is 5.26 Å². The average molecular weight is 215 g/mol. The first-order chi connectivity index (χ1) is 7.47. The minimum atomic E-state index is -0.357. The molecule has 1 saturated carbocycles. The first-order valence-corrected chi connectivity index (χ1v) is 5.53. The van der Waals surface area contributed by atoms with Gasteiger partial charge in [0.25, 0.3) is 0 Å². The molecule has 16 heavy (non-hydrogen) atoms. The van der Waals surface area contributed by atoms with Crippen LogP contribution in [0.3, 0.4) is 0 Å². The van der Waals surface area contributed by atoms with E-state index < -0.39 is 0 Å². The Bertz CT molecular complexity index is 470. The summed E-state index contributed by atoms with van der Waals surface area (Å²) >= 11 is 0. The molecule has 1 aromatic rings. The van der Waals surface area contributed by atoms with Gasteiger partial charge in [-0.05, 0) is 24.8 Å². The molecular formula is C14H17NO. The lowest BCUT2D eigenvalue weighted by Gasteiger charge is -2.17. The number of benzene rings is 1. The lowest BCUT2D eigenvalue weighted by Crippen LogP contribution is -2.13. The molecule has 1 atom stereocenters. The van der Waals surface area contributed by atoms with E-state index in [1.165, 1.54) is 5.56 Å². The van der Waals surface area contributed by atoms with Gasteiger partial charge >= 0.3 is 0 Å². The highest BCUT2D eigenvalue weighted by molar-refractivity contribution is 5.53. The van der Waals surface area contributed by atoms with Crippen molar-refractivity contribution in [3.63, 3.8) is 0 Å². The summed E-state index contributed by atoms with van der Waals surface area (Å²) in [5.74, 6) is 0.831. The fourth-order valence-electron chi connectivity index (χ4n) is 2.48. The highest BCUT2D eigenvalue weighted by Crippen LogP contribution is 2.65. The van der Waals surface area contributed by atoms with Crippen molar-refractivity contribution in [3.8, 4) is 11.8 Å². The Balaban J connectivity index is 2.57. The Labute approximate surface area is 96.9 Å². The summed E-state index contributed by atoms with van der Waals surface area (Å²) in [4.78, 5) is 0. The second-order valence-corrected chi connectivity index (χ2v) is 5.28. The van der Waals surface area contributed by atoms with Crippen molar-refractivity contribution in [2.75, 3.05) is 7.11 Å². The highest BCUT2D eigenvalue weighted by atomic mass is 16.5. The molecular weight excluding hydrogens is 198 g/mol. The van der Waals surface area contributed by atoms with Gasteiger partial charge in [-0.3, -0.25) is 0 Å². The molecule has 1 fully saturated rings. The summed E-state index contributed by atoms with van der Waals surface area (Å²) in [5, 5.41) is 9.45. The molecule has 1 aromatic carbocycles. The number of nitrogens with zero attached hydrogens (tertiary/aromatic N) is 1. The van der Waals surface area contributed by atoms with Gasteiger partial charge in [0.2, 0.25) is 0 Å². The zero-order valence-corrected chi connectivity index (χ0v) is 10.3. The molecule has 0 saturated heterocycles. The van der Waals surface area contributed by atoms with Crippen LogP contribution in [0.2, 0.25) is 0 Å². The Kier molecular flexibility index (Phi) is 2.24. The van der Waals surface area contributed by atoms with Crippen molar-refractivity contribution >= 4 is 0 Å². The molecule has 2 rings (SSSR count). The van der Waals surface area contributed by atoms with Gasteiger partial charge in [0.05, 0.1) is 18.6 Å². The molecule has 84 valence electrons. The van der Waals surface area contributed by atoms with Crippen LogP contribution in [0, 0.1) is 23.7 Å². The third-order valence-electron chi connectivity index (χ3n) is 3.74. The van der Waals surface area contributed by atoms with Gasteiger partial charge in [-0.2, -0.15) is 5.26 Å². The van der Waals surface area contributed by atoms with Crippen LogP contribution >= 0.6 is 0 Å². The van der Waals surface area contributed by atoms with Crippen LogP contribution in [-0.4, -0.2) is 7.11 Å². The van der Waals surface area contributed by atoms with Gasteiger partial charge in [-0.15, -0.1) is 0 Å². The van der Waals surface area contributed by atoms with E-state index in [1.807, 2.05) is 19.1 Å². The molecule has 1 unspecified atom stereocenters. The van der Waals surface area contributed by atoms with Crippen LogP contribution in [0.25, 0.3) is 0 Å². The van der Waals surface area contributed by atoms with E-state index in [1.54, 1.807) is 7.11 Å². The van der Waals surface area contributed by atoms with Crippen LogP contribution in [0.15, 0.2) is 18.2 Å². The second kappa shape index (κ2) is 3.25. The largest absolute Gasteiger partial charge is 0.496 e. The lowest BCUT2D eigenvalue weighted by molar-refractivity contribution is 0.403. The predicted molar refractivity (Wildman–Crippen MR) is 63.4 cm³/mol. The normalized spacial score (nSPS) is 25.9. The number of rotatable bonds is 2. The monoisotopic (exact) mass is 215 g/mol. The van der Waals surface area contributed by atoms with Gasteiger partial charge in [-0.1, -0.05) is 31.5 Å². The molecule has 1 aliphatic rings. The zero-order valence-electron chi connectivity index (χ0n) is 10.3. The number of aryl methyl sites for hydroxylation is 1. The summed E-state index contributed by atoms with van der Waals surface area (Å²) < 4.78 is 5.37. The quantitative estimate of drug-likeness (QED) is 0.759. The maximum Gasteiger partial charge on any atom is 0.123 e. The van der Waals surface area contributed by atoms with Crippen molar-refractivity contribution in [3.05, 3.63) is 29.3 Å². The maximum absolute atomic E-state index is 9.45. The van der Waals surface area contributed by atoms with E-state index in [-0.39, 0.29) is 10.8 Å².